The fourth-order valence-corrected chi connectivity index (χ4v) is 3.98. The summed E-state index contributed by atoms with van der Waals surface area (Å²) in [5.74, 6) is 0.951. The van der Waals surface area contributed by atoms with E-state index in [1.54, 1.807) is 11.3 Å². The number of carbonyl (C=O) groups excluding carboxylic acids is 1. The van der Waals surface area contributed by atoms with Crippen LogP contribution < -0.4 is 16.0 Å². The molecule has 1 aliphatic rings. The molecule has 1 atom stereocenters. The van der Waals surface area contributed by atoms with Crippen molar-refractivity contribution in [2.24, 2.45) is 4.99 Å². The number of aromatic nitrogens is 1. The van der Waals surface area contributed by atoms with Crippen LogP contribution in [0.15, 0.2) is 35.5 Å². The van der Waals surface area contributed by atoms with E-state index in [1.807, 2.05) is 24.4 Å². The van der Waals surface area contributed by atoms with Gasteiger partial charge in [-0.3, -0.25) is 9.79 Å². The lowest BCUT2D eigenvalue weighted by atomic mass is 9.91. The quantitative estimate of drug-likeness (QED) is 0.506. The molecule has 1 aromatic heterocycles. The van der Waals surface area contributed by atoms with Crippen LogP contribution in [0.2, 0.25) is 0 Å². The molecule has 1 unspecified atom stereocenters. The zero-order valence-corrected chi connectivity index (χ0v) is 16.7. The van der Waals surface area contributed by atoms with Crippen molar-refractivity contribution >= 4 is 28.9 Å². The predicted molar refractivity (Wildman–Crippen MR) is 112 cm³/mol. The van der Waals surface area contributed by atoms with Crippen molar-refractivity contribution in [2.75, 3.05) is 25.0 Å². The molecule has 0 fully saturated rings. The van der Waals surface area contributed by atoms with E-state index in [2.05, 4.69) is 40.8 Å². The summed E-state index contributed by atoms with van der Waals surface area (Å²) < 4.78 is 0. The van der Waals surface area contributed by atoms with Crippen molar-refractivity contribution < 1.29 is 4.79 Å². The maximum absolute atomic E-state index is 12.0. The van der Waals surface area contributed by atoms with Gasteiger partial charge in [-0.05, 0) is 25.0 Å². The Bertz CT molecular complexity index is 801. The van der Waals surface area contributed by atoms with Crippen LogP contribution in [0.1, 0.15) is 41.6 Å². The van der Waals surface area contributed by atoms with Gasteiger partial charge in [0.15, 0.2) is 5.96 Å². The number of amides is 1. The number of thiazole rings is 1. The van der Waals surface area contributed by atoms with Crippen LogP contribution in [0.5, 0.6) is 0 Å². The van der Waals surface area contributed by atoms with Crippen LogP contribution >= 0.6 is 11.3 Å². The minimum Gasteiger partial charge on any atom is -0.357 e. The Balaban J connectivity index is 1.59. The van der Waals surface area contributed by atoms with Gasteiger partial charge < -0.3 is 16.0 Å². The first-order valence-electron chi connectivity index (χ1n) is 9.54. The van der Waals surface area contributed by atoms with E-state index in [0.29, 0.717) is 13.0 Å². The van der Waals surface area contributed by atoms with Crippen LogP contribution in [0, 0.1) is 0 Å². The largest absolute Gasteiger partial charge is 0.357 e. The van der Waals surface area contributed by atoms with Gasteiger partial charge in [0.2, 0.25) is 5.91 Å². The molecule has 1 aromatic carbocycles. The van der Waals surface area contributed by atoms with E-state index in [-0.39, 0.29) is 11.8 Å². The zero-order valence-electron chi connectivity index (χ0n) is 15.9. The van der Waals surface area contributed by atoms with Crippen LogP contribution in [0.3, 0.4) is 0 Å². The summed E-state index contributed by atoms with van der Waals surface area (Å²) in [6.45, 7) is 6.36. The number of para-hydroxylation sites is 1. The Hall–Kier alpha value is -2.41. The Kier molecular flexibility index (Phi) is 6.81. The molecule has 0 radical (unpaired) electrons. The molecule has 7 heteroatoms. The third-order valence-corrected chi connectivity index (χ3v) is 5.70. The standard InChI is InChI=1S/C20H27N5OS/c1-3-15-13-23-19(27-15)9-10-22-20(21-4-2)24-12-14-11-18(26)25-17-8-6-5-7-16(14)17/h5-8,13-14H,3-4,9-12H2,1-2H3,(H,25,26)(H2,21,22,24). The number of anilines is 1. The van der Waals surface area contributed by atoms with Gasteiger partial charge in [0.1, 0.15) is 0 Å². The Morgan fingerprint density at radius 1 is 1.33 bits per heavy atom. The van der Waals surface area contributed by atoms with Crippen LogP contribution in [-0.2, 0) is 17.6 Å². The van der Waals surface area contributed by atoms with E-state index < -0.39 is 0 Å². The Morgan fingerprint density at radius 3 is 2.96 bits per heavy atom. The number of hydrogen-bond acceptors (Lipinski definition) is 4. The summed E-state index contributed by atoms with van der Waals surface area (Å²) >= 11 is 1.77. The van der Waals surface area contributed by atoms with Gasteiger partial charge in [0, 0.05) is 48.6 Å². The monoisotopic (exact) mass is 385 g/mol. The smallest absolute Gasteiger partial charge is 0.225 e. The SMILES string of the molecule is CCNC(=NCC1CC(=O)Nc2ccccc21)NCCc1ncc(CC)s1. The highest BCUT2D eigenvalue weighted by Crippen LogP contribution is 2.31. The van der Waals surface area contributed by atoms with E-state index in [9.17, 15) is 4.79 Å². The molecule has 6 nitrogen and oxygen atoms in total. The maximum atomic E-state index is 12.0. The number of hydrogen-bond donors (Lipinski definition) is 3. The van der Waals surface area contributed by atoms with Gasteiger partial charge in [-0.1, -0.05) is 25.1 Å². The van der Waals surface area contributed by atoms with Gasteiger partial charge in [-0.25, -0.2) is 4.98 Å². The Labute approximate surface area is 164 Å². The average Bonchev–Trinajstić information content (AvgIpc) is 3.13. The van der Waals surface area contributed by atoms with Gasteiger partial charge in [-0.2, -0.15) is 0 Å². The normalized spacial score (nSPS) is 16.6. The van der Waals surface area contributed by atoms with E-state index in [0.717, 1.165) is 48.1 Å². The first-order chi connectivity index (χ1) is 13.2. The number of carbonyl (C=O) groups is 1. The van der Waals surface area contributed by atoms with E-state index >= 15 is 0 Å². The molecule has 0 aliphatic carbocycles. The molecule has 0 saturated heterocycles. The van der Waals surface area contributed by atoms with Gasteiger partial charge >= 0.3 is 0 Å². The first-order valence-corrected chi connectivity index (χ1v) is 10.4. The van der Waals surface area contributed by atoms with Crippen molar-refractivity contribution in [1.29, 1.82) is 0 Å². The van der Waals surface area contributed by atoms with Gasteiger partial charge in [0.05, 0.1) is 11.6 Å². The van der Waals surface area contributed by atoms with Crippen molar-refractivity contribution in [3.8, 4) is 0 Å². The highest BCUT2D eigenvalue weighted by molar-refractivity contribution is 7.11. The molecule has 0 spiro atoms. The number of fused-ring (bicyclic) bond motifs is 1. The first kappa shape index (κ1) is 19.4. The third-order valence-electron chi connectivity index (χ3n) is 4.50. The second-order valence-corrected chi connectivity index (χ2v) is 7.71. The lowest BCUT2D eigenvalue weighted by Gasteiger charge is -2.24. The molecule has 3 N–H and O–H groups in total. The summed E-state index contributed by atoms with van der Waals surface area (Å²) in [6.07, 6.45) is 4.35. The second kappa shape index (κ2) is 9.50. The molecule has 0 bridgehead atoms. The van der Waals surface area contributed by atoms with Crippen molar-refractivity contribution in [2.45, 2.75) is 39.0 Å². The summed E-state index contributed by atoms with van der Waals surface area (Å²) in [5, 5.41) is 10.7. The van der Waals surface area contributed by atoms with Crippen LogP contribution in [-0.4, -0.2) is 36.5 Å². The second-order valence-electron chi connectivity index (χ2n) is 6.51. The number of aliphatic imine (C=N–C) groups is 1. The average molecular weight is 386 g/mol. The topological polar surface area (TPSA) is 78.4 Å². The maximum Gasteiger partial charge on any atom is 0.225 e. The van der Waals surface area contributed by atoms with Gasteiger partial charge in [-0.15, -0.1) is 11.3 Å². The number of rotatable bonds is 7. The number of nitrogens with zero attached hydrogens (tertiary/aromatic N) is 2. The molecule has 27 heavy (non-hydrogen) atoms. The molecule has 2 heterocycles. The lowest BCUT2D eigenvalue weighted by molar-refractivity contribution is -0.116. The summed E-state index contributed by atoms with van der Waals surface area (Å²) in [5.41, 5.74) is 2.06. The Morgan fingerprint density at radius 2 is 2.19 bits per heavy atom. The molecular formula is C20H27N5OS. The summed E-state index contributed by atoms with van der Waals surface area (Å²) in [4.78, 5) is 22.5. The number of benzene rings is 1. The molecule has 144 valence electrons. The highest BCUT2D eigenvalue weighted by Gasteiger charge is 2.24. The van der Waals surface area contributed by atoms with Crippen molar-refractivity contribution in [1.82, 2.24) is 15.6 Å². The zero-order chi connectivity index (χ0) is 19.1. The van der Waals surface area contributed by atoms with Gasteiger partial charge in [0.25, 0.3) is 0 Å². The number of aryl methyl sites for hydroxylation is 1. The van der Waals surface area contributed by atoms with E-state index in [1.165, 1.54) is 4.88 Å². The van der Waals surface area contributed by atoms with Crippen molar-refractivity contribution in [3.05, 3.63) is 45.9 Å². The molecule has 3 rings (SSSR count). The number of nitrogens with one attached hydrogen (secondary N) is 3. The lowest BCUT2D eigenvalue weighted by Crippen LogP contribution is -2.38. The number of guanidine groups is 1. The molecule has 1 amide bonds. The summed E-state index contributed by atoms with van der Waals surface area (Å²) in [7, 11) is 0. The predicted octanol–water partition coefficient (Wildman–Crippen LogP) is 2.93. The van der Waals surface area contributed by atoms with Crippen molar-refractivity contribution in [3.63, 3.8) is 0 Å². The van der Waals surface area contributed by atoms with Crippen LogP contribution in [0.25, 0.3) is 0 Å². The molecular weight excluding hydrogens is 358 g/mol. The molecule has 0 saturated carbocycles. The van der Waals surface area contributed by atoms with E-state index in [4.69, 9.17) is 4.99 Å². The fraction of sp³-hybridized carbons (Fsp3) is 0.450. The molecule has 2 aromatic rings. The molecule has 1 aliphatic heterocycles. The fourth-order valence-electron chi connectivity index (χ4n) is 3.12. The minimum atomic E-state index is 0.0577. The van der Waals surface area contributed by atoms with Crippen LogP contribution in [0.4, 0.5) is 5.69 Å². The minimum absolute atomic E-state index is 0.0577. The highest BCUT2D eigenvalue weighted by atomic mass is 32.1. The third kappa shape index (κ3) is 5.29. The summed E-state index contributed by atoms with van der Waals surface area (Å²) in [6, 6.07) is 7.97.